The van der Waals surface area contributed by atoms with Crippen molar-refractivity contribution in [2.75, 3.05) is 12.4 Å². The molecule has 0 unspecified atom stereocenters. The van der Waals surface area contributed by atoms with Crippen LogP contribution in [0.25, 0.3) is 0 Å². The number of nitrogens with one attached hydrogen (secondary N) is 1. The molecule has 0 fully saturated rings. The Balaban J connectivity index is 2.48. The average Bonchev–Trinajstić information content (AvgIpc) is 2.26. The van der Waals surface area contributed by atoms with Gasteiger partial charge < -0.3 is 5.11 Å². The number of rotatable bonds is 6. The van der Waals surface area contributed by atoms with Crippen LogP contribution in [0.15, 0.2) is 24.3 Å². The van der Waals surface area contributed by atoms with Gasteiger partial charge in [-0.25, -0.2) is 13.1 Å². The molecule has 1 aromatic carbocycles. The fraction of sp³-hybridized carbons (Fsp3) is 0.400. The first-order chi connectivity index (χ1) is 7.53. The fourth-order valence-electron chi connectivity index (χ4n) is 1.12. The summed E-state index contributed by atoms with van der Waals surface area (Å²) in [5.74, 6) is -0.0584. The van der Waals surface area contributed by atoms with Crippen LogP contribution in [0.3, 0.4) is 0 Å². The van der Waals surface area contributed by atoms with Crippen molar-refractivity contribution in [3.05, 3.63) is 34.9 Å². The minimum Gasteiger partial charge on any atom is -0.396 e. The van der Waals surface area contributed by atoms with E-state index in [1.165, 1.54) is 0 Å². The van der Waals surface area contributed by atoms with Crippen molar-refractivity contribution < 1.29 is 13.5 Å². The Morgan fingerprint density at radius 3 is 2.44 bits per heavy atom. The molecule has 1 rings (SSSR count). The minimum absolute atomic E-state index is 0.0584. The summed E-state index contributed by atoms with van der Waals surface area (Å²) in [4.78, 5) is 0. The van der Waals surface area contributed by atoms with Crippen LogP contribution in [0.1, 0.15) is 12.0 Å². The van der Waals surface area contributed by atoms with Crippen molar-refractivity contribution in [2.24, 2.45) is 0 Å². The number of aliphatic hydroxyl groups is 1. The second kappa shape index (κ2) is 6.20. The molecule has 0 aliphatic heterocycles. The van der Waals surface area contributed by atoms with E-state index in [0.717, 1.165) is 5.56 Å². The summed E-state index contributed by atoms with van der Waals surface area (Å²) in [6.45, 7) is 0.118. The highest BCUT2D eigenvalue weighted by molar-refractivity contribution is 7.89. The molecule has 90 valence electrons. The van der Waals surface area contributed by atoms with Gasteiger partial charge in [-0.1, -0.05) is 23.7 Å². The molecule has 0 bridgehead atoms. The minimum atomic E-state index is -3.30. The van der Waals surface area contributed by atoms with Gasteiger partial charge in [-0.2, -0.15) is 0 Å². The van der Waals surface area contributed by atoms with E-state index in [9.17, 15) is 8.42 Å². The Morgan fingerprint density at radius 1 is 1.25 bits per heavy atom. The third kappa shape index (κ3) is 4.94. The summed E-state index contributed by atoms with van der Waals surface area (Å²) in [5.41, 5.74) is 0.844. The van der Waals surface area contributed by atoms with Gasteiger partial charge in [-0.05, 0) is 24.1 Å². The quantitative estimate of drug-likeness (QED) is 0.809. The van der Waals surface area contributed by atoms with Gasteiger partial charge in [-0.15, -0.1) is 0 Å². The zero-order chi connectivity index (χ0) is 12.0. The second-order valence-electron chi connectivity index (χ2n) is 3.34. The van der Waals surface area contributed by atoms with Crippen LogP contribution in [0, 0.1) is 0 Å². The van der Waals surface area contributed by atoms with Gasteiger partial charge >= 0.3 is 0 Å². The lowest BCUT2D eigenvalue weighted by molar-refractivity contribution is 0.295. The molecular weight excluding hydrogens is 250 g/mol. The molecule has 0 heterocycles. The monoisotopic (exact) mass is 263 g/mol. The van der Waals surface area contributed by atoms with Crippen molar-refractivity contribution >= 4 is 21.6 Å². The number of sulfonamides is 1. The summed E-state index contributed by atoms with van der Waals surface area (Å²) in [6.07, 6.45) is 0.246. The molecule has 1 aromatic rings. The van der Waals surface area contributed by atoms with Crippen molar-refractivity contribution in [3.63, 3.8) is 0 Å². The molecule has 0 aliphatic rings. The van der Waals surface area contributed by atoms with E-state index in [4.69, 9.17) is 16.7 Å². The predicted molar refractivity (Wildman–Crippen MR) is 63.8 cm³/mol. The first-order valence-electron chi connectivity index (χ1n) is 4.86. The van der Waals surface area contributed by atoms with Gasteiger partial charge in [0, 0.05) is 18.2 Å². The highest BCUT2D eigenvalue weighted by Gasteiger charge is 2.08. The maximum atomic E-state index is 11.4. The molecule has 0 radical (unpaired) electrons. The Labute approximate surface area is 100 Å². The van der Waals surface area contributed by atoms with Crippen LogP contribution in [-0.2, 0) is 16.6 Å². The van der Waals surface area contributed by atoms with Crippen LogP contribution in [0.2, 0.25) is 5.02 Å². The van der Waals surface area contributed by atoms with Crippen LogP contribution in [0.5, 0.6) is 0 Å². The first-order valence-corrected chi connectivity index (χ1v) is 6.89. The van der Waals surface area contributed by atoms with Gasteiger partial charge in [-0.3, -0.25) is 0 Å². The Morgan fingerprint density at radius 2 is 1.88 bits per heavy atom. The van der Waals surface area contributed by atoms with Gasteiger partial charge in [0.05, 0.1) is 5.75 Å². The lowest BCUT2D eigenvalue weighted by Gasteiger charge is -2.05. The van der Waals surface area contributed by atoms with E-state index < -0.39 is 10.0 Å². The Hall–Kier alpha value is -0.620. The van der Waals surface area contributed by atoms with Gasteiger partial charge in [0.2, 0.25) is 10.0 Å². The molecule has 4 nitrogen and oxygen atoms in total. The van der Waals surface area contributed by atoms with E-state index >= 15 is 0 Å². The maximum Gasteiger partial charge on any atom is 0.211 e. The van der Waals surface area contributed by atoms with E-state index in [1.807, 2.05) is 0 Å². The van der Waals surface area contributed by atoms with Crippen LogP contribution in [0.4, 0.5) is 0 Å². The molecule has 0 aromatic heterocycles. The number of hydrogen-bond acceptors (Lipinski definition) is 3. The third-order valence-corrected chi connectivity index (χ3v) is 3.64. The zero-order valence-corrected chi connectivity index (χ0v) is 10.3. The lowest BCUT2D eigenvalue weighted by Crippen LogP contribution is -2.26. The second-order valence-corrected chi connectivity index (χ2v) is 5.71. The lowest BCUT2D eigenvalue weighted by atomic mass is 10.2. The fourth-order valence-corrected chi connectivity index (χ4v) is 2.29. The number of halogens is 1. The van der Waals surface area contributed by atoms with Crippen LogP contribution >= 0.6 is 11.6 Å². The smallest absolute Gasteiger partial charge is 0.211 e. The first kappa shape index (κ1) is 13.4. The molecule has 0 aliphatic carbocycles. The molecule has 0 spiro atoms. The summed E-state index contributed by atoms with van der Waals surface area (Å²) < 4.78 is 25.2. The van der Waals surface area contributed by atoms with Crippen LogP contribution < -0.4 is 4.72 Å². The molecular formula is C10H14ClNO3S. The van der Waals surface area contributed by atoms with Gasteiger partial charge in [0.1, 0.15) is 0 Å². The Kier molecular flexibility index (Phi) is 5.21. The summed E-state index contributed by atoms with van der Waals surface area (Å²) >= 11 is 5.70. The largest absolute Gasteiger partial charge is 0.396 e. The van der Waals surface area contributed by atoms with Crippen molar-refractivity contribution in [1.82, 2.24) is 4.72 Å². The van der Waals surface area contributed by atoms with Crippen molar-refractivity contribution in [2.45, 2.75) is 13.0 Å². The normalized spacial score (nSPS) is 11.6. The van der Waals surface area contributed by atoms with Crippen molar-refractivity contribution in [3.8, 4) is 0 Å². The summed E-state index contributed by atoms with van der Waals surface area (Å²) in [6, 6.07) is 6.94. The standard InChI is InChI=1S/C10H14ClNO3S/c11-10-4-2-9(3-5-10)8-12-16(14,15)7-1-6-13/h2-5,12-13H,1,6-8H2. The molecule has 0 amide bonds. The van der Waals surface area contributed by atoms with E-state index in [-0.39, 0.29) is 25.3 Å². The zero-order valence-electron chi connectivity index (χ0n) is 8.69. The molecule has 0 atom stereocenters. The summed E-state index contributed by atoms with van der Waals surface area (Å²) in [7, 11) is -3.30. The molecule has 16 heavy (non-hydrogen) atoms. The van der Waals surface area contributed by atoms with Gasteiger partial charge in [0.15, 0.2) is 0 Å². The number of aliphatic hydroxyl groups excluding tert-OH is 1. The predicted octanol–water partition coefficient (Wildman–Crippen LogP) is 1.14. The average molecular weight is 264 g/mol. The Bertz CT molecular complexity index is 416. The van der Waals surface area contributed by atoms with Crippen molar-refractivity contribution in [1.29, 1.82) is 0 Å². The highest BCUT2D eigenvalue weighted by Crippen LogP contribution is 2.09. The molecule has 2 N–H and O–H groups in total. The topological polar surface area (TPSA) is 66.4 Å². The van der Waals surface area contributed by atoms with Crippen LogP contribution in [-0.4, -0.2) is 25.9 Å². The van der Waals surface area contributed by atoms with E-state index in [1.54, 1.807) is 24.3 Å². The van der Waals surface area contributed by atoms with Gasteiger partial charge in [0.25, 0.3) is 0 Å². The van der Waals surface area contributed by atoms with E-state index in [2.05, 4.69) is 4.72 Å². The molecule has 0 saturated heterocycles. The SMILES string of the molecule is O=S(=O)(CCCO)NCc1ccc(Cl)cc1. The third-order valence-electron chi connectivity index (χ3n) is 1.98. The van der Waals surface area contributed by atoms with E-state index in [0.29, 0.717) is 5.02 Å². The molecule has 0 saturated carbocycles. The summed E-state index contributed by atoms with van der Waals surface area (Å²) in [5, 5.41) is 9.16. The number of hydrogen-bond donors (Lipinski definition) is 2. The molecule has 6 heteroatoms. The number of benzene rings is 1. The maximum absolute atomic E-state index is 11.4. The highest BCUT2D eigenvalue weighted by atomic mass is 35.5.